The molecule has 0 aromatic heterocycles. The molecule has 0 heterocycles. The molecule has 82 valence electrons. The lowest BCUT2D eigenvalue weighted by atomic mass is 10.1. The number of hydrogen-bond acceptors (Lipinski definition) is 4. The Morgan fingerprint density at radius 1 is 1.40 bits per heavy atom. The van der Waals surface area contributed by atoms with Crippen LogP contribution in [0.4, 0.5) is 0 Å². The second-order valence-electron chi connectivity index (χ2n) is 3.23. The van der Waals surface area contributed by atoms with Crippen LogP contribution >= 0.6 is 0 Å². The van der Waals surface area contributed by atoms with Gasteiger partial charge in [0.25, 0.3) is 0 Å². The summed E-state index contributed by atoms with van der Waals surface area (Å²) < 4.78 is 5.17. The van der Waals surface area contributed by atoms with Gasteiger partial charge in [0, 0.05) is 5.56 Å². The second-order valence-corrected chi connectivity index (χ2v) is 3.23. The Kier molecular flexibility index (Phi) is 4.27. The van der Waals surface area contributed by atoms with Gasteiger partial charge in [-0.1, -0.05) is 0 Å². The molecular formula is C11H14O4. The quantitative estimate of drug-likeness (QED) is 0.699. The van der Waals surface area contributed by atoms with Crippen molar-refractivity contribution in [2.24, 2.45) is 0 Å². The zero-order valence-electron chi connectivity index (χ0n) is 8.51. The summed E-state index contributed by atoms with van der Waals surface area (Å²) in [6.45, 7) is 1.20. The summed E-state index contributed by atoms with van der Waals surface area (Å²) in [5.41, 5.74) is 0.616. The molecule has 1 atom stereocenters. The van der Waals surface area contributed by atoms with Crippen LogP contribution in [0.15, 0.2) is 24.3 Å². The lowest BCUT2D eigenvalue weighted by Gasteiger charge is -2.09. The highest BCUT2D eigenvalue weighted by Crippen LogP contribution is 2.12. The molecule has 0 saturated heterocycles. The van der Waals surface area contributed by atoms with E-state index < -0.39 is 6.10 Å². The van der Waals surface area contributed by atoms with Crippen molar-refractivity contribution < 1.29 is 19.7 Å². The van der Waals surface area contributed by atoms with E-state index in [1.807, 2.05) is 0 Å². The van der Waals surface area contributed by atoms with E-state index in [1.54, 1.807) is 24.3 Å². The van der Waals surface area contributed by atoms with Crippen LogP contribution in [-0.2, 0) is 0 Å². The van der Waals surface area contributed by atoms with E-state index in [4.69, 9.17) is 14.9 Å². The third kappa shape index (κ3) is 3.69. The highest BCUT2D eigenvalue weighted by molar-refractivity contribution is 5.94. The minimum Gasteiger partial charge on any atom is -0.491 e. The molecule has 4 nitrogen and oxygen atoms in total. The minimum absolute atomic E-state index is 0.00283. The molecule has 0 amide bonds. The number of aliphatic hydroxyl groups is 2. The molecule has 0 saturated carbocycles. The topological polar surface area (TPSA) is 66.8 Å². The first-order valence-electron chi connectivity index (χ1n) is 4.66. The van der Waals surface area contributed by atoms with Gasteiger partial charge in [-0.05, 0) is 31.2 Å². The van der Waals surface area contributed by atoms with Crippen molar-refractivity contribution in [2.75, 3.05) is 13.2 Å². The largest absolute Gasteiger partial charge is 0.491 e. The predicted molar refractivity (Wildman–Crippen MR) is 55.0 cm³/mol. The van der Waals surface area contributed by atoms with Crippen molar-refractivity contribution >= 4 is 5.78 Å². The standard InChI is InChI=1S/C11H14O4/c1-8(13)9-2-4-11(5-3-9)15-7-10(14)6-12/h2-5,10,12,14H,6-7H2,1H3/t10-/m0/s1. The predicted octanol–water partition coefficient (Wildman–Crippen LogP) is 0.621. The fourth-order valence-corrected chi connectivity index (χ4v) is 1.03. The van der Waals surface area contributed by atoms with Gasteiger partial charge in [0.15, 0.2) is 5.78 Å². The molecule has 0 unspecified atom stereocenters. The normalized spacial score (nSPS) is 12.2. The Labute approximate surface area is 88.1 Å². The van der Waals surface area contributed by atoms with E-state index in [9.17, 15) is 4.79 Å². The SMILES string of the molecule is CC(=O)c1ccc(OC[C@@H](O)CO)cc1. The fourth-order valence-electron chi connectivity index (χ4n) is 1.03. The van der Waals surface area contributed by atoms with Crippen molar-refractivity contribution in [3.63, 3.8) is 0 Å². The van der Waals surface area contributed by atoms with E-state index in [1.165, 1.54) is 6.92 Å². The lowest BCUT2D eigenvalue weighted by Crippen LogP contribution is -2.21. The molecule has 0 aliphatic carbocycles. The van der Waals surface area contributed by atoms with Crippen LogP contribution in [0.25, 0.3) is 0 Å². The van der Waals surface area contributed by atoms with Gasteiger partial charge in [0.05, 0.1) is 6.61 Å². The molecule has 1 rings (SSSR count). The van der Waals surface area contributed by atoms with Crippen LogP contribution in [0.1, 0.15) is 17.3 Å². The first-order chi connectivity index (χ1) is 7.13. The van der Waals surface area contributed by atoms with Crippen molar-refractivity contribution in [3.05, 3.63) is 29.8 Å². The molecule has 1 aromatic rings. The van der Waals surface area contributed by atoms with Gasteiger partial charge in [0.1, 0.15) is 18.5 Å². The molecule has 2 N–H and O–H groups in total. The Hall–Kier alpha value is -1.39. The summed E-state index contributed by atoms with van der Waals surface area (Å²) in [5, 5.41) is 17.6. The van der Waals surface area contributed by atoms with Gasteiger partial charge in [-0.3, -0.25) is 4.79 Å². The molecule has 15 heavy (non-hydrogen) atoms. The van der Waals surface area contributed by atoms with Gasteiger partial charge >= 0.3 is 0 Å². The summed E-state index contributed by atoms with van der Waals surface area (Å²) in [4.78, 5) is 11.0. The highest BCUT2D eigenvalue weighted by atomic mass is 16.5. The molecule has 1 aromatic carbocycles. The molecule has 0 fully saturated rings. The number of rotatable bonds is 5. The maximum atomic E-state index is 11.0. The number of aliphatic hydroxyl groups excluding tert-OH is 2. The number of hydrogen-bond donors (Lipinski definition) is 2. The average molecular weight is 210 g/mol. The van der Waals surface area contributed by atoms with Crippen LogP contribution in [0, 0.1) is 0 Å². The van der Waals surface area contributed by atoms with Gasteiger partial charge < -0.3 is 14.9 Å². The smallest absolute Gasteiger partial charge is 0.159 e. The summed E-state index contributed by atoms with van der Waals surface area (Å²) in [5.74, 6) is 0.560. The Morgan fingerprint density at radius 2 is 2.00 bits per heavy atom. The Morgan fingerprint density at radius 3 is 2.47 bits per heavy atom. The fraction of sp³-hybridized carbons (Fsp3) is 0.364. The number of ether oxygens (including phenoxy) is 1. The minimum atomic E-state index is -0.877. The molecule has 0 radical (unpaired) electrons. The molecule has 0 spiro atoms. The maximum absolute atomic E-state index is 11.0. The summed E-state index contributed by atoms with van der Waals surface area (Å²) in [7, 11) is 0. The van der Waals surface area contributed by atoms with Gasteiger partial charge in [-0.2, -0.15) is 0 Å². The zero-order chi connectivity index (χ0) is 11.3. The maximum Gasteiger partial charge on any atom is 0.159 e. The molecule has 0 bridgehead atoms. The number of ketones is 1. The molecular weight excluding hydrogens is 196 g/mol. The van der Waals surface area contributed by atoms with Crippen LogP contribution in [0.5, 0.6) is 5.75 Å². The van der Waals surface area contributed by atoms with Crippen LogP contribution < -0.4 is 4.74 Å². The summed E-state index contributed by atoms with van der Waals surface area (Å²) in [6, 6.07) is 6.62. The molecule has 4 heteroatoms. The average Bonchev–Trinajstić information content (AvgIpc) is 2.26. The summed E-state index contributed by atoms with van der Waals surface area (Å²) >= 11 is 0. The third-order valence-electron chi connectivity index (χ3n) is 1.91. The zero-order valence-corrected chi connectivity index (χ0v) is 8.51. The van der Waals surface area contributed by atoms with Gasteiger partial charge in [-0.15, -0.1) is 0 Å². The first-order valence-corrected chi connectivity index (χ1v) is 4.66. The number of carbonyl (C=O) groups is 1. The summed E-state index contributed by atoms with van der Waals surface area (Å²) in [6.07, 6.45) is -0.877. The second kappa shape index (κ2) is 5.48. The van der Waals surface area contributed by atoms with Crippen molar-refractivity contribution in [2.45, 2.75) is 13.0 Å². The molecule has 0 aliphatic heterocycles. The first kappa shape index (κ1) is 11.7. The van der Waals surface area contributed by atoms with Gasteiger partial charge in [-0.25, -0.2) is 0 Å². The number of Topliss-reactive ketones (excluding diaryl/α,β-unsaturated/α-hetero) is 1. The highest BCUT2D eigenvalue weighted by Gasteiger charge is 2.03. The molecule has 0 aliphatic rings. The van der Waals surface area contributed by atoms with Crippen molar-refractivity contribution in [1.29, 1.82) is 0 Å². The Bertz CT molecular complexity index is 318. The van der Waals surface area contributed by atoms with E-state index in [0.29, 0.717) is 11.3 Å². The Balaban J connectivity index is 2.53. The van der Waals surface area contributed by atoms with Gasteiger partial charge in [0.2, 0.25) is 0 Å². The van der Waals surface area contributed by atoms with Crippen LogP contribution in [0.2, 0.25) is 0 Å². The number of benzene rings is 1. The van der Waals surface area contributed by atoms with E-state index in [-0.39, 0.29) is 19.0 Å². The van der Waals surface area contributed by atoms with Crippen molar-refractivity contribution in [1.82, 2.24) is 0 Å². The third-order valence-corrected chi connectivity index (χ3v) is 1.91. The van der Waals surface area contributed by atoms with Crippen molar-refractivity contribution in [3.8, 4) is 5.75 Å². The van der Waals surface area contributed by atoms with Crippen LogP contribution in [0.3, 0.4) is 0 Å². The van der Waals surface area contributed by atoms with E-state index in [0.717, 1.165) is 0 Å². The van der Waals surface area contributed by atoms with E-state index in [2.05, 4.69) is 0 Å². The van der Waals surface area contributed by atoms with Crippen LogP contribution in [-0.4, -0.2) is 35.3 Å². The number of carbonyl (C=O) groups excluding carboxylic acids is 1. The lowest BCUT2D eigenvalue weighted by molar-refractivity contribution is 0.0536. The van der Waals surface area contributed by atoms with E-state index >= 15 is 0 Å². The monoisotopic (exact) mass is 210 g/mol.